The lowest BCUT2D eigenvalue weighted by Gasteiger charge is -2.45. The highest BCUT2D eigenvalue weighted by Gasteiger charge is 2.42. The van der Waals surface area contributed by atoms with Crippen LogP contribution in [0.2, 0.25) is 0 Å². The minimum atomic E-state index is -0.455. The maximum Gasteiger partial charge on any atom is 0.158 e. The molecule has 0 saturated heterocycles. The predicted octanol–water partition coefficient (Wildman–Crippen LogP) is 4.29. The second kappa shape index (κ2) is 13.3. The summed E-state index contributed by atoms with van der Waals surface area (Å²) in [4.78, 5) is 23.5. The van der Waals surface area contributed by atoms with Gasteiger partial charge in [-0.3, -0.25) is 9.59 Å². The fourth-order valence-electron chi connectivity index (χ4n) is 5.02. The SMILES string of the molecule is CC(O)CCCCC1(C(O)C=C[C@H]2CCC(=O)[C@@H]2CC=CCCCC(=O)CO)CCC1. The van der Waals surface area contributed by atoms with Crippen LogP contribution in [0.4, 0.5) is 0 Å². The maximum atomic E-state index is 12.3. The number of aliphatic hydroxyl groups excluding tert-OH is 3. The molecule has 0 spiro atoms. The van der Waals surface area contributed by atoms with Crippen molar-refractivity contribution in [1.82, 2.24) is 0 Å². The fraction of sp³-hybridized carbons (Fsp3) is 0.769. The van der Waals surface area contributed by atoms with Crippen LogP contribution >= 0.6 is 0 Å². The molecule has 2 rings (SSSR count). The summed E-state index contributed by atoms with van der Waals surface area (Å²) in [6.07, 6.45) is 18.6. The van der Waals surface area contributed by atoms with Gasteiger partial charge in [-0.05, 0) is 69.6 Å². The van der Waals surface area contributed by atoms with E-state index in [2.05, 4.69) is 6.08 Å². The molecule has 0 heterocycles. The summed E-state index contributed by atoms with van der Waals surface area (Å²) in [5.41, 5.74) is -0.0147. The highest BCUT2D eigenvalue weighted by atomic mass is 16.3. The molecule has 31 heavy (non-hydrogen) atoms. The number of hydrogen-bond donors (Lipinski definition) is 3. The fourth-order valence-corrected chi connectivity index (χ4v) is 5.02. The minimum absolute atomic E-state index is 0.0119. The molecular formula is C26H42O5. The molecule has 5 heteroatoms. The van der Waals surface area contributed by atoms with Crippen LogP contribution in [0.3, 0.4) is 0 Å². The van der Waals surface area contributed by atoms with Crippen LogP contribution < -0.4 is 0 Å². The number of aliphatic hydroxyl groups is 3. The van der Waals surface area contributed by atoms with Gasteiger partial charge in [-0.15, -0.1) is 0 Å². The first-order valence-electron chi connectivity index (χ1n) is 12.2. The van der Waals surface area contributed by atoms with Gasteiger partial charge in [0.2, 0.25) is 0 Å². The van der Waals surface area contributed by atoms with E-state index in [4.69, 9.17) is 5.11 Å². The van der Waals surface area contributed by atoms with Gasteiger partial charge >= 0.3 is 0 Å². The summed E-state index contributed by atoms with van der Waals surface area (Å²) in [6, 6.07) is 0. The zero-order valence-corrected chi connectivity index (χ0v) is 19.2. The van der Waals surface area contributed by atoms with Gasteiger partial charge in [0.25, 0.3) is 0 Å². The third-order valence-electron chi connectivity index (χ3n) is 7.28. The molecule has 4 atom stereocenters. The molecule has 176 valence electrons. The van der Waals surface area contributed by atoms with Gasteiger partial charge in [0.15, 0.2) is 5.78 Å². The number of ketones is 2. The summed E-state index contributed by atoms with van der Waals surface area (Å²) in [6.45, 7) is 1.44. The van der Waals surface area contributed by atoms with Crippen LogP contribution in [0.1, 0.15) is 90.4 Å². The molecule has 0 amide bonds. The molecule has 0 aromatic carbocycles. The standard InChI is InChI=1S/C26H42O5/c1-20(28)9-6-7-16-26(17-8-18-26)25(31)15-13-21-12-14-24(30)23(21)11-5-3-2-4-10-22(29)19-27/h3,5,13,15,20-21,23,25,27-28,31H,2,4,6-12,14,16-19H2,1H3/t20?,21-,23-,25?/m1/s1. The van der Waals surface area contributed by atoms with E-state index in [1.54, 1.807) is 0 Å². The molecule has 0 aliphatic heterocycles. The van der Waals surface area contributed by atoms with E-state index in [1.807, 2.05) is 25.2 Å². The molecule has 0 radical (unpaired) electrons. The van der Waals surface area contributed by atoms with Crippen molar-refractivity contribution in [3.8, 4) is 0 Å². The van der Waals surface area contributed by atoms with Crippen molar-refractivity contribution in [2.75, 3.05) is 6.61 Å². The number of Topliss-reactive ketones (excluding diaryl/α,β-unsaturated/α-hetero) is 2. The molecule has 0 aromatic heterocycles. The lowest BCUT2D eigenvalue weighted by molar-refractivity contribution is -0.122. The Morgan fingerprint density at radius 3 is 2.61 bits per heavy atom. The van der Waals surface area contributed by atoms with Gasteiger partial charge in [0.1, 0.15) is 12.4 Å². The van der Waals surface area contributed by atoms with E-state index in [9.17, 15) is 19.8 Å². The zero-order chi connectivity index (χ0) is 22.7. The number of rotatable bonds is 15. The van der Waals surface area contributed by atoms with Crippen molar-refractivity contribution in [1.29, 1.82) is 0 Å². The molecule has 3 N–H and O–H groups in total. The minimum Gasteiger partial charge on any atom is -0.393 e. The molecule has 0 bridgehead atoms. The molecule has 2 aliphatic rings. The smallest absolute Gasteiger partial charge is 0.158 e. The van der Waals surface area contributed by atoms with Gasteiger partial charge in [0, 0.05) is 18.8 Å². The molecule has 2 saturated carbocycles. The van der Waals surface area contributed by atoms with E-state index < -0.39 is 6.10 Å². The number of carbonyl (C=O) groups is 2. The van der Waals surface area contributed by atoms with Gasteiger partial charge < -0.3 is 15.3 Å². The van der Waals surface area contributed by atoms with Gasteiger partial charge in [-0.25, -0.2) is 0 Å². The summed E-state index contributed by atoms with van der Waals surface area (Å²) in [5.74, 6) is 0.355. The average Bonchev–Trinajstić information content (AvgIpc) is 3.06. The number of hydrogen-bond acceptors (Lipinski definition) is 5. The zero-order valence-electron chi connectivity index (χ0n) is 19.2. The maximum absolute atomic E-state index is 12.3. The number of allylic oxidation sites excluding steroid dienone is 3. The van der Waals surface area contributed by atoms with Crippen molar-refractivity contribution in [2.45, 2.75) is 103 Å². The largest absolute Gasteiger partial charge is 0.393 e. The average molecular weight is 435 g/mol. The second-order valence-electron chi connectivity index (χ2n) is 9.71. The Kier molecular flexibility index (Phi) is 11.1. The topological polar surface area (TPSA) is 94.8 Å². The van der Waals surface area contributed by atoms with Gasteiger partial charge in [0.05, 0.1) is 12.2 Å². The Hall–Kier alpha value is -1.30. The van der Waals surface area contributed by atoms with Crippen LogP contribution in [0.15, 0.2) is 24.3 Å². The van der Waals surface area contributed by atoms with E-state index in [0.29, 0.717) is 25.0 Å². The van der Waals surface area contributed by atoms with Crippen LogP contribution in [-0.2, 0) is 9.59 Å². The molecule has 2 aliphatic carbocycles. The highest BCUT2D eigenvalue weighted by Crippen LogP contribution is 2.48. The molecule has 0 aromatic rings. The summed E-state index contributed by atoms with van der Waals surface area (Å²) >= 11 is 0. The Labute approximate surface area is 187 Å². The Balaban J connectivity index is 1.80. The van der Waals surface area contributed by atoms with Crippen molar-refractivity contribution in [2.24, 2.45) is 17.3 Å². The van der Waals surface area contributed by atoms with Gasteiger partial charge in [-0.1, -0.05) is 43.6 Å². The van der Waals surface area contributed by atoms with Crippen LogP contribution in [0, 0.1) is 17.3 Å². The van der Waals surface area contributed by atoms with E-state index >= 15 is 0 Å². The quantitative estimate of drug-likeness (QED) is 0.264. The lowest BCUT2D eigenvalue weighted by atomic mass is 9.62. The first-order valence-corrected chi connectivity index (χ1v) is 12.2. The lowest BCUT2D eigenvalue weighted by Crippen LogP contribution is -2.40. The normalized spacial score (nSPS) is 25.2. The monoisotopic (exact) mass is 434 g/mol. The summed E-state index contributed by atoms with van der Waals surface area (Å²) < 4.78 is 0. The van der Waals surface area contributed by atoms with Gasteiger partial charge in [-0.2, -0.15) is 0 Å². The molecule has 5 nitrogen and oxygen atoms in total. The van der Waals surface area contributed by atoms with Crippen molar-refractivity contribution in [3.63, 3.8) is 0 Å². The summed E-state index contributed by atoms with van der Waals surface area (Å²) in [7, 11) is 0. The Morgan fingerprint density at radius 1 is 1.19 bits per heavy atom. The van der Waals surface area contributed by atoms with E-state index in [-0.39, 0.29) is 35.7 Å². The third-order valence-corrected chi connectivity index (χ3v) is 7.28. The van der Waals surface area contributed by atoms with E-state index in [1.165, 1.54) is 6.42 Å². The van der Waals surface area contributed by atoms with E-state index in [0.717, 1.165) is 57.8 Å². The Bertz CT molecular complexity index is 617. The van der Waals surface area contributed by atoms with Crippen LogP contribution in [0.5, 0.6) is 0 Å². The number of carbonyl (C=O) groups excluding carboxylic acids is 2. The van der Waals surface area contributed by atoms with Crippen molar-refractivity contribution in [3.05, 3.63) is 24.3 Å². The van der Waals surface area contributed by atoms with Crippen molar-refractivity contribution >= 4 is 11.6 Å². The highest BCUT2D eigenvalue weighted by molar-refractivity contribution is 5.83. The van der Waals surface area contributed by atoms with Crippen LogP contribution in [-0.4, -0.2) is 45.7 Å². The number of unbranched alkanes of at least 4 members (excludes halogenated alkanes) is 2. The predicted molar refractivity (Wildman–Crippen MR) is 123 cm³/mol. The third kappa shape index (κ3) is 8.28. The van der Waals surface area contributed by atoms with Crippen LogP contribution in [0.25, 0.3) is 0 Å². The first kappa shape index (κ1) is 26.0. The molecule has 2 fully saturated rings. The first-order chi connectivity index (χ1) is 14.9. The Morgan fingerprint density at radius 2 is 1.97 bits per heavy atom. The second-order valence-corrected chi connectivity index (χ2v) is 9.71. The molecule has 2 unspecified atom stereocenters. The summed E-state index contributed by atoms with van der Waals surface area (Å²) in [5, 5.41) is 29.1. The molecular weight excluding hydrogens is 392 g/mol. The van der Waals surface area contributed by atoms with Crippen molar-refractivity contribution < 1.29 is 24.9 Å².